The van der Waals surface area contributed by atoms with Crippen LogP contribution in [0.4, 0.5) is 20.4 Å². The number of piperazine rings is 1. The van der Waals surface area contributed by atoms with Gasteiger partial charge < -0.3 is 9.80 Å². The molecule has 4 heterocycles. The first-order valence-electron chi connectivity index (χ1n) is 9.99. The second kappa shape index (κ2) is 6.89. The molecule has 0 N–H and O–H groups in total. The third-order valence-electron chi connectivity index (χ3n) is 5.50. The highest BCUT2D eigenvalue weighted by atomic mass is 19.3. The van der Waals surface area contributed by atoms with Gasteiger partial charge in [0, 0.05) is 56.0 Å². The van der Waals surface area contributed by atoms with Crippen molar-refractivity contribution in [2.24, 2.45) is 0 Å². The number of anilines is 2. The molecule has 9 heteroatoms. The summed E-state index contributed by atoms with van der Waals surface area (Å²) in [6, 6.07) is 5.46. The maximum atomic E-state index is 13.3. The van der Waals surface area contributed by atoms with E-state index in [2.05, 4.69) is 29.9 Å². The van der Waals surface area contributed by atoms with Crippen molar-refractivity contribution in [1.29, 1.82) is 0 Å². The largest absolute Gasteiger partial charge is 0.353 e. The van der Waals surface area contributed by atoms with Crippen molar-refractivity contribution in [3.05, 3.63) is 41.1 Å². The van der Waals surface area contributed by atoms with Crippen LogP contribution in [-0.2, 0) is 0 Å². The summed E-state index contributed by atoms with van der Waals surface area (Å²) in [7, 11) is 0. The molecule has 0 atom stereocenters. The van der Waals surface area contributed by atoms with Crippen LogP contribution in [-0.4, -0.2) is 50.7 Å². The number of hydrogen-bond donors (Lipinski definition) is 0. The minimum absolute atomic E-state index is 0.169. The monoisotopic (exact) mass is 399 g/mol. The zero-order valence-corrected chi connectivity index (χ0v) is 16.5. The number of aromatic nitrogens is 5. The minimum atomic E-state index is -2.58. The summed E-state index contributed by atoms with van der Waals surface area (Å²) < 4.78 is 28.5. The molecule has 0 aromatic carbocycles. The van der Waals surface area contributed by atoms with Gasteiger partial charge in [0.15, 0.2) is 5.65 Å². The molecule has 0 radical (unpaired) electrons. The molecule has 1 aliphatic heterocycles. The molecule has 1 saturated heterocycles. The number of hydrogen-bond acceptors (Lipinski definition) is 6. The van der Waals surface area contributed by atoms with Crippen molar-refractivity contribution in [1.82, 2.24) is 24.6 Å². The molecule has 2 fully saturated rings. The van der Waals surface area contributed by atoms with E-state index in [1.165, 1.54) is 6.07 Å². The SMILES string of the molecule is Cc1cc(N2CCN(c3cc(C(F)F)nc(C4CC4)n3)CC2)n2nc(C)cc2n1. The van der Waals surface area contributed by atoms with E-state index in [0.29, 0.717) is 24.7 Å². The quantitative estimate of drug-likeness (QED) is 0.671. The van der Waals surface area contributed by atoms with Crippen LogP contribution in [0.15, 0.2) is 18.2 Å². The Balaban J connectivity index is 1.39. The van der Waals surface area contributed by atoms with Gasteiger partial charge in [0.1, 0.15) is 23.2 Å². The molecule has 5 rings (SSSR count). The number of fused-ring (bicyclic) bond motifs is 1. The lowest BCUT2D eigenvalue weighted by Gasteiger charge is -2.36. The predicted octanol–water partition coefficient (Wildman–Crippen LogP) is 3.28. The van der Waals surface area contributed by atoms with Crippen LogP contribution < -0.4 is 9.80 Å². The van der Waals surface area contributed by atoms with E-state index >= 15 is 0 Å². The molecule has 7 nitrogen and oxygen atoms in total. The fourth-order valence-electron chi connectivity index (χ4n) is 3.85. The van der Waals surface area contributed by atoms with Crippen LogP contribution in [0, 0.1) is 13.8 Å². The first-order valence-corrected chi connectivity index (χ1v) is 9.99. The van der Waals surface area contributed by atoms with Gasteiger partial charge in [0.05, 0.1) is 5.69 Å². The van der Waals surface area contributed by atoms with Crippen LogP contribution in [0.5, 0.6) is 0 Å². The summed E-state index contributed by atoms with van der Waals surface area (Å²) >= 11 is 0. The highest BCUT2D eigenvalue weighted by Gasteiger charge is 2.30. The van der Waals surface area contributed by atoms with Gasteiger partial charge in [-0.3, -0.25) is 0 Å². The third-order valence-corrected chi connectivity index (χ3v) is 5.50. The van der Waals surface area contributed by atoms with Gasteiger partial charge >= 0.3 is 0 Å². The first kappa shape index (κ1) is 18.2. The molecular formula is C20H23F2N7. The highest BCUT2D eigenvalue weighted by molar-refractivity contribution is 5.53. The Morgan fingerprint density at radius 1 is 0.897 bits per heavy atom. The smallest absolute Gasteiger partial charge is 0.280 e. The van der Waals surface area contributed by atoms with Crippen molar-refractivity contribution >= 4 is 17.3 Å². The van der Waals surface area contributed by atoms with E-state index in [9.17, 15) is 8.78 Å². The molecule has 29 heavy (non-hydrogen) atoms. The maximum Gasteiger partial charge on any atom is 0.280 e. The average molecular weight is 399 g/mol. The summed E-state index contributed by atoms with van der Waals surface area (Å²) in [5, 5.41) is 4.57. The zero-order chi connectivity index (χ0) is 20.1. The summed E-state index contributed by atoms with van der Waals surface area (Å²) in [5.41, 5.74) is 2.54. The molecule has 0 amide bonds. The second-order valence-electron chi connectivity index (χ2n) is 7.87. The van der Waals surface area contributed by atoms with Crippen LogP contribution in [0.2, 0.25) is 0 Å². The van der Waals surface area contributed by atoms with Crippen molar-refractivity contribution in [3.8, 4) is 0 Å². The molecule has 3 aromatic rings. The fourth-order valence-corrected chi connectivity index (χ4v) is 3.85. The average Bonchev–Trinajstić information content (AvgIpc) is 3.49. The molecule has 152 valence electrons. The van der Waals surface area contributed by atoms with E-state index in [1.807, 2.05) is 30.5 Å². The van der Waals surface area contributed by atoms with E-state index in [4.69, 9.17) is 0 Å². The zero-order valence-electron chi connectivity index (χ0n) is 16.5. The molecule has 0 unspecified atom stereocenters. The van der Waals surface area contributed by atoms with E-state index in [-0.39, 0.29) is 11.6 Å². The van der Waals surface area contributed by atoms with Crippen molar-refractivity contribution < 1.29 is 8.78 Å². The van der Waals surface area contributed by atoms with Gasteiger partial charge in [0.2, 0.25) is 0 Å². The van der Waals surface area contributed by atoms with Crippen molar-refractivity contribution in [3.63, 3.8) is 0 Å². The Bertz CT molecular complexity index is 1030. The Labute approximate surface area is 167 Å². The Morgan fingerprint density at radius 2 is 1.62 bits per heavy atom. The fraction of sp³-hybridized carbons (Fsp3) is 0.500. The summed E-state index contributed by atoms with van der Waals surface area (Å²) in [6.45, 7) is 6.85. The Morgan fingerprint density at radius 3 is 2.31 bits per heavy atom. The Hall–Kier alpha value is -2.84. The summed E-state index contributed by atoms with van der Waals surface area (Å²) in [6.07, 6.45) is -0.604. The van der Waals surface area contributed by atoms with E-state index in [1.54, 1.807) is 0 Å². The third kappa shape index (κ3) is 3.49. The number of nitrogens with zero attached hydrogens (tertiary/aromatic N) is 7. The number of aryl methyl sites for hydroxylation is 2. The number of rotatable bonds is 4. The number of alkyl halides is 2. The lowest BCUT2D eigenvalue weighted by molar-refractivity contribution is 0.145. The van der Waals surface area contributed by atoms with Crippen LogP contribution in [0.1, 0.15) is 48.1 Å². The molecule has 3 aromatic heterocycles. The maximum absolute atomic E-state index is 13.3. The molecule has 2 aliphatic rings. The summed E-state index contributed by atoms with van der Waals surface area (Å²) in [5.74, 6) is 2.43. The molecule has 0 bridgehead atoms. The van der Waals surface area contributed by atoms with Gasteiger partial charge in [-0.15, -0.1) is 0 Å². The standard InChI is InChI=1S/C20H23F2N7/c1-12-10-18(29-17(23-12)9-13(2)26-29)28-7-5-27(6-8-28)16-11-15(19(21)22)24-20(25-16)14-3-4-14/h9-11,14,19H,3-8H2,1-2H3. The van der Waals surface area contributed by atoms with E-state index < -0.39 is 6.43 Å². The second-order valence-corrected chi connectivity index (χ2v) is 7.87. The van der Waals surface area contributed by atoms with Crippen molar-refractivity contribution in [2.45, 2.75) is 39.0 Å². The van der Waals surface area contributed by atoms with Gasteiger partial charge in [-0.05, 0) is 26.7 Å². The predicted molar refractivity (Wildman–Crippen MR) is 106 cm³/mol. The molecule has 1 aliphatic carbocycles. The number of halogens is 2. The highest BCUT2D eigenvalue weighted by Crippen LogP contribution is 2.39. The summed E-state index contributed by atoms with van der Waals surface area (Å²) in [4.78, 5) is 17.6. The van der Waals surface area contributed by atoms with Crippen molar-refractivity contribution in [2.75, 3.05) is 36.0 Å². The van der Waals surface area contributed by atoms with Crippen LogP contribution in [0.25, 0.3) is 5.65 Å². The van der Waals surface area contributed by atoms with Gasteiger partial charge in [-0.2, -0.15) is 9.61 Å². The molecule has 1 saturated carbocycles. The van der Waals surface area contributed by atoms with Gasteiger partial charge in [-0.1, -0.05) is 0 Å². The van der Waals surface area contributed by atoms with Gasteiger partial charge in [0.25, 0.3) is 6.43 Å². The van der Waals surface area contributed by atoms with Crippen LogP contribution >= 0.6 is 0 Å². The minimum Gasteiger partial charge on any atom is -0.353 e. The Kier molecular flexibility index (Phi) is 4.33. The lowest BCUT2D eigenvalue weighted by Crippen LogP contribution is -2.47. The van der Waals surface area contributed by atoms with Gasteiger partial charge in [-0.25, -0.2) is 23.7 Å². The first-order chi connectivity index (χ1) is 14.0. The molecular weight excluding hydrogens is 376 g/mol. The topological polar surface area (TPSA) is 62.5 Å². The van der Waals surface area contributed by atoms with Crippen LogP contribution in [0.3, 0.4) is 0 Å². The normalized spacial score (nSPS) is 17.6. The van der Waals surface area contributed by atoms with E-state index in [0.717, 1.165) is 48.8 Å². The molecule has 0 spiro atoms. The lowest BCUT2D eigenvalue weighted by atomic mass is 10.2.